The first-order valence-corrected chi connectivity index (χ1v) is 11.8. The van der Waals surface area contributed by atoms with Gasteiger partial charge in [0.2, 0.25) is 0 Å². The fourth-order valence-electron chi connectivity index (χ4n) is 4.58. The molecule has 0 spiro atoms. The molecule has 3 aliphatic rings. The van der Waals surface area contributed by atoms with Crippen molar-refractivity contribution in [3.63, 3.8) is 0 Å². The minimum Gasteiger partial charge on any atom is -0.490 e. The zero-order valence-electron chi connectivity index (χ0n) is 16.8. The first kappa shape index (κ1) is 19.4. The average Bonchev–Trinajstić information content (AvgIpc) is 3.32. The zero-order chi connectivity index (χ0) is 20.5. The molecule has 5 nitrogen and oxygen atoms in total. The largest absolute Gasteiger partial charge is 0.490 e. The highest BCUT2D eigenvalue weighted by atomic mass is 32.2. The normalized spacial score (nSPS) is 23.6. The van der Waals surface area contributed by atoms with E-state index in [2.05, 4.69) is 22.9 Å². The summed E-state index contributed by atoms with van der Waals surface area (Å²) in [6.07, 6.45) is 9.76. The van der Waals surface area contributed by atoms with Gasteiger partial charge in [0.1, 0.15) is 17.6 Å². The molecule has 1 aliphatic heterocycles. The number of hydrogen-bond donors (Lipinski definition) is 1. The maximum atomic E-state index is 11.9. The van der Waals surface area contributed by atoms with Crippen LogP contribution in [0.3, 0.4) is 0 Å². The molecule has 5 rings (SSSR count). The van der Waals surface area contributed by atoms with Gasteiger partial charge in [-0.15, -0.1) is 0 Å². The number of nitrogens with one attached hydrogen (secondary N) is 1. The topological polar surface area (TPSA) is 64.6 Å². The van der Waals surface area contributed by atoms with Gasteiger partial charge < -0.3 is 9.47 Å². The molecule has 30 heavy (non-hydrogen) atoms. The molecule has 0 aromatic heterocycles. The Hall–Kier alpha value is -2.60. The van der Waals surface area contributed by atoms with Crippen LogP contribution in [0.4, 0.5) is 0 Å². The molecule has 2 atom stereocenters. The van der Waals surface area contributed by atoms with Crippen molar-refractivity contribution in [2.24, 2.45) is 0 Å². The second-order valence-corrected chi connectivity index (χ2v) is 9.30. The average molecular weight is 424 g/mol. The van der Waals surface area contributed by atoms with Crippen LogP contribution in [-0.2, 0) is 22.2 Å². The molecule has 156 valence electrons. The van der Waals surface area contributed by atoms with Crippen molar-refractivity contribution in [3.05, 3.63) is 65.2 Å². The number of rotatable bonds is 5. The van der Waals surface area contributed by atoms with E-state index in [1.165, 1.54) is 36.5 Å². The van der Waals surface area contributed by atoms with E-state index in [9.17, 15) is 9.00 Å². The van der Waals surface area contributed by atoms with Gasteiger partial charge in [-0.1, -0.05) is 30.7 Å². The van der Waals surface area contributed by atoms with E-state index in [-0.39, 0.29) is 12.0 Å². The van der Waals surface area contributed by atoms with Crippen molar-refractivity contribution >= 4 is 21.8 Å². The highest BCUT2D eigenvalue weighted by Gasteiger charge is 2.28. The summed E-state index contributed by atoms with van der Waals surface area (Å²) >= 11 is 0. The van der Waals surface area contributed by atoms with Crippen LogP contribution in [-0.4, -0.2) is 16.2 Å². The molecular formula is C24H25NO4S. The summed E-state index contributed by atoms with van der Waals surface area (Å²) in [7, 11) is -1.48. The molecule has 1 fully saturated rings. The van der Waals surface area contributed by atoms with Gasteiger partial charge >= 0.3 is 0 Å². The highest BCUT2D eigenvalue weighted by molar-refractivity contribution is 7.93. The Bertz CT molecular complexity index is 1010. The van der Waals surface area contributed by atoms with Gasteiger partial charge in [0.25, 0.3) is 5.91 Å². The van der Waals surface area contributed by atoms with Gasteiger partial charge in [-0.3, -0.25) is 9.52 Å². The lowest BCUT2D eigenvalue weighted by atomic mass is 9.97. The number of carbonyl (C=O) groups excluding carboxylic acids is 1. The Morgan fingerprint density at radius 1 is 0.933 bits per heavy atom. The van der Waals surface area contributed by atoms with E-state index >= 15 is 0 Å². The van der Waals surface area contributed by atoms with Crippen molar-refractivity contribution in [3.8, 4) is 11.5 Å². The van der Waals surface area contributed by atoms with Crippen LogP contribution in [0.2, 0.25) is 0 Å². The molecule has 0 bridgehead atoms. The fourth-order valence-corrected chi connectivity index (χ4v) is 5.49. The summed E-state index contributed by atoms with van der Waals surface area (Å²) in [6, 6.07) is 13.7. The summed E-state index contributed by atoms with van der Waals surface area (Å²) in [5, 5.41) is 0. The van der Waals surface area contributed by atoms with Gasteiger partial charge in [0, 0.05) is 11.6 Å². The maximum Gasteiger partial charge on any atom is 0.257 e. The van der Waals surface area contributed by atoms with Gasteiger partial charge in [-0.25, -0.2) is 4.21 Å². The summed E-state index contributed by atoms with van der Waals surface area (Å²) in [5.74, 6) is 1.46. The molecule has 2 aliphatic carbocycles. The number of fused-ring (bicyclic) bond motifs is 1. The van der Waals surface area contributed by atoms with Gasteiger partial charge in [-0.05, 0) is 67.9 Å². The van der Waals surface area contributed by atoms with Gasteiger partial charge in [0.15, 0.2) is 11.0 Å². The van der Waals surface area contributed by atoms with Gasteiger partial charge in [0.05, 0.1) is 11.0 Å². The molecule has 1 heterocycles. The van der Waals surface area contributed by atoms with E-state index in [4.69, 9.17) is 9.47 Å². The fraction of sp³-hybridized carbons (Fsp3) is 0.375. The van der Waals surface area contributed by atoms with Crippen LogP contribution in [0.15, 0.2) is 48.5 Å². The Morgan fingerprint density at radius 2 is 1.73 bits per heavy atom. The Kier molecular flexibility index (Phi) is 5.34. The minimum atomic E-state index is -1.48. The summed E-state index contributed by atoms with van der Waals surface area (Å²) in [6.45, 7) is 0. The van der Waals surface area contributed by atoms with Crippen LogP contribution < -0.4 is 14.2 Å². The third-order valence-electron chi connectivity index (χ3n) is 6.09. The molecule has 1 amide bonds. The van der Waals surface area contributed by atoms with E-state index in [1.807, 2.05) is 24.3 Å². The SMILES string of the molecule is O=C1C=C(c2ccc(OC3CCc4c(OC5CCCCC5)cccc43)cc2)S(=O)N1. The van der Waals surface area contributed by atoms with Crippen LogP contribution in [0.25, 0.3) is 4.91 Å². The van der Waals surface area contributed by atoms with Crippen LogP contribution >= 0.6 is 0 Å². The first-order chi connectivity index (χ1) is 14.7. The van der Waals surface area contributed by atoms with Crippen molar-refractivity contribution in [1.82, 2.24) is 4.72 Å². The van der Waals surface area contributed by atoms with E-state index < -0.39 is 11.0 Å². The van der Waals surface area contributed by atoms with Gasteiger partial charge in [-0.2, -0.15) is 0 Å². The van der Waals surface area contributed by atoms with Crippen LogP contribution in [0, 0.1) is 0 Å². The smallest absolute Gasteiger partial charge is 0.257 e. The summed E-state index contributed by atoms with van der Waals surface area (Å²) in [4.78, 5) is 11.9. The zero-order valence-corrected chi connectivity index (χ0v) is 17.6. The number of carbonyl (C=O) groups is 1. The van der Waals surface area contributed by atoms with Crippen molar-refractivity contribution in [1.29, 1.82) is 0 Å². The monoisotopic (exact) mass is 423 g/mol. The molecule has 2 unspecified atom stereocenters. The predicted molar refractivity (Wildman–Crippen MR) is 116 cm³/mol. The lowest BCUT2D eigenvalue weighted by Crippen LogP contribution is -2.20. The van der Waals surface area contributed by atoms with E-state index in [0.29, 0.717) is 11.0 Å². The quantitative estimate of drug-likeness (QED) is 0.763. The Morgan fingerprint density at radius 3 is 2.47 bits per heavy atom. The standard InChI is InChI=1S/C24H25NO4S/c26-24-15-23(30(27)25-24)16-9-11-18(12-10-16)29-22-14-13-20-19(22)7-4-8-21(20)28-17-5-2-1-3-6-17/h4,7-12,15,17,22H,1-3,5-6,13-14H2,(H,25,26). The maximum absolute atomic E-state index is 11.9. The van der Waals surface area contributed by atoms with Crippen LogP contribution in [0.1, 0.15) is 61.3 Å². The van der Waals surface area contributed by atoms with Crippen molar-refractivity contribution in [2.75, 3.05) is 0 Å². The first-order valence-electron chi connectivity index (χ1n) is 10.7. The molecule has 2 aromatic rings. The number of hydrogen-bond acceptors (Lipinski definition) is 4. The number of ether oxygens (including phenoxy) is 2. The Labute approximate surface area is 179 Å². The molecule has 0 radical (unpaired) electrons. The van der Waals surface area contributed by atoms with Crippen molar-refractivity contribution < 1.29 is 18.5 Å². The lowest BCUT2D eigenvalue weighted by molar-refractivity contribution is -0.114. The predicted octanol–water partition coefficient (Wildman–Crippen LogP) is 4.60. The lowest BCUT2D eigenvalue weighted by Gasteiger charge is -2.24. The molecule has 2 aromatic carbocycles. The molecule has 1 saturated carbocycles. The minimum absolute atomic E-state index is 0.00354. The molecule has 1 N–H and O–H groups in total. The number of amides is 1. The molecule has 0 saturated heterocycles. The third-order valence-corrected chi connectivity index (χ3v) is 7.23. The summed E-state index contributed by atoms with van der Waals surface area (Å²) in [5.41, 5.74) is 3.25. The second-order valence-electron chi connectivity index (χ2n) is 8.11. The molecule has 6 heteroatoms. The van der Waals surface area contributed by atoms with E-state index in [1.54, 1.807) is 0 Å². The van der Waals surface area contributed by atoms with E-state index in [0.717, 1.165) is 42.7 Å². The number of benzene rings is 2. The van der Waals surface area contributed by atoms with Crippen molar-refractivity contribution in [2.45, 2.75) is 57.2 Å². The summed E-state index contributed by atoms with van der Waals surface area (Å²) < 4.78 is 27.0. The second kappa shape index (κ2) is 8.26. The Balaban J connectivity index is 1.30. The van der Waals surface area contributed by atoms with Crippen LogP contribution in [0.5, 0.6) is 11.5 Å². The highest BCUT2D eigenvalue weighted by Crippen LogP contribution is 2.40. The molecular weight excluding hydrogens is 398 g/mol. The third kappa shape index (κ3) is 3.88.